The number of anilines is 1. The van der Waals surface area contributed by atoms with Gasteiger partial charge in [-0.3, -0.25) is 0 Å². The van der Waals surface area contributed by atoms with E-state index in [1.165, 1.54) is 10.8 Å². The number of nitrogens with zero attached hydrogens (tertiary/aromatic N) is 2. The monoisotopic (exact) mass is 292 g/mol. The topological polar surface area (TPSA) is 25.4 Å². The fraction of sp³-hybridized carbons (Fsp3) is 0.308. The summed E-state index contributed by atoms with van der Waals surface area (Å²) in [4.78, 5) is 6.81. The van der Waals surface area contributed by atoms with Crippen LogP contribution in [-0.2, 0) is 4.74 Å². The third-order valence-electron chi connectivity index (χ3n) is 3.02. The molecule has 1 aliphatic heterocycles. The first-order chi connectivity index (χ1) is 8.34. The molecule has 1 aromatic carbocycles. The van der Waals surface area contributed by atoms with Gasteiger partial charge in [0.15, 0.2) is 0 Å². The highest BCUT2D eigenvalue weighted by atomic mass is 79.9. The number of fused-ring (bicyclic) bond motifs is 1. The van der Waals surface area contributed by atoms with Crippen molar-refractivity contribution < 1.29 is 4.74 Å². The van der Waals surface area contributed by atoms with E-state index >= 15 is 0 Å². The van der Waals surface area contributed by atoms with E-state index in [2.05, 4.69) is 44.0 Å². The standard InChI is InChI=1S/C13H13BrN2O/c14-11-2-1-10-3-4-15-13(12(10)9-11)16-5-7-17-8-6-16/h1-4,9H,5-8H2. The lowest BCUT2D eigenvalue weighted by molar-refractivity contribution is 0.122. The van der Waals surface area contributed by atoms with Gasteiger partial charge in [-0.15, -0.1) is 0 Å². The Bertz CT molecular complexity index is 538. The first-order valence-corrected chi connectivity index (χ1v) is 6.51. The van der Waals surface area contributed by atoms with Crippen molar-refractivity contribution in [3.05, 3.63) is 34.9 Å². The fourth-order valence-corrected chi connectivity index (χ4v) is 2.51. The molecule has 1 saturated heterocycles. The maximum Gasteiger partial charge on any atom is 0.136 e. The molecule has 0 bridgehead atoms. The van der Waals surface area contributed by atoms with Crippen molar-refractivity contribution in [1.82, 2.24) is 4.98 Å². The number of pyridine rings is 1. The van der Waals surface area contributed by atoms with Crippen molar-refractivity contribution in [3.63, 3.8) is 0 Å². The van der Waals surface area contributed by atoms with Gasteiger partial charge in [0.25, 0.3) is 0 Å². The van der Waals surface area contributed by atoms with Crippen LogP contribution in [-0.4, -0.2) is 31.3 Å². The normalized spacial score (nSPS) is 16.4. The number of hydrogen-bond donors (Lipinski definition) is 0. The number of ether oxygens (including phenoxy) is 1. The molecular formula is C13H13BrN2O. The average Bonchev–Trinajstić information content (AvgIpc) is 2.39. The van der Waals surface area contributed by atoms with Crippen LogP contribution in [0.1, 0.15) is 0 Å². The summed E-state index contributed by atoms with van der Waals surface area (Å²) in [5, 5.41) is 2.42. The molecule has 0 unspecified atom stereocenters. The molecule has 2 aromatic rings. The second-order valence-corrected chi connectivity index (χ2v) is 5.02. The van der Waals surface area contributed by atoms with Gasteiger partial charge in [-0.1, -0.05) is 22.0 Å². The number of morpholine rings is 1. The van der Waals surface area contributed by atoms with Gasteiger partial charge in [-0.2, -0.15) is 0 Å². The molecule has 1 aromatic heterocycles. The molecule has 17 heavy (non-hydrogen) atoms. The number of hydrogen-bond acceptors (Lipinski definition) is 3. The van der Waals surface area contributed by atoms with E-state index in [4.69, 9.17) is 4.74 Å². The predicted octanol–water partition coefficient (Wildman–Crippen LogP) is 2.83. The minimum atomic E-state index is 0.784. The summed E-state index contributed by atoms with van der Waals surface area (Å²) < 4.78 is 6.47. The molecule has 0 amide bonds. The van der Waals surface area contributed by atoms with Gasteiger partial charge in [0.1, 0.15) is 5.82 Å². The largest absolute Gasteiger partial charge is 0.378 e. The lowest BCUT2D eigenvalue weighted by atomic mass is 10.1. The van der Waals surface area contributed by atoms with Gasteiger partial charge in [0, 0.05) is 29.1 Å². The predicted molar refractivity (Wildman–Crippen MR) is 72.5 cm³/mol. The summed E-state index contributed by atoms with van der Waals surface area (Å²) in [5.41, 5.74) is 0. The Kier molecular flexibility index (Phi) is 2.99. The lowest BCUT2D eigenvalue weighted by Crippen LogP contribution is -2.36. The van der Waals surface area contributed by atoms with Gasteiger partial charge in [0.2, 0.25) is 0 Å². The Morgan fingerprint density at radius 2 is 2.00 bits per heavy atom. The molecule has 88 valence electrons. The van der Waals surface area contributed by atoms with Crippen molar-refractivity contribution in [1.29, 1.82) is 0 Å². The average molecular weight is 293 g/mol. The van der Waals surface area contributed by atoms with E-state index in [1.54, 1.807) is 0 Å². The van der Waals surface area contributed by atoms with E-state index < -0.39 is 0 Å². The van der Waals surface area contributed by atoms with Crippen LogP contribution >= 0.6 is 15.9 Å². The zero-order valence-corrected chi connectivity index (χ0v) is 11.0. The van der Waals surface area contributed by atoms with Gasteiger partial charge >= 0.3 is 0 Å². The highest BCUT2D eigenvalue weighted by Crippen LogP contribution is 2.27. The maximum absolute atomic E-state index is 5.38. The van der Waals surface area contributed by atoms with Crippen LogP contribution in [0.2, 0.25) is 0 Å². The minimum Gasteiger partial charge on any atom is -0.378 e. The summed E-state index contributed by atoms with van der Waals surface area (Å²) >= 11 is 3.52. The van der Waals surface area contributed by atoms with Gasteiger partial charge in [-0.25, -0.2) is 4.98 Å². The van der Waals surface area contributed by atoms with Crippen molar-refractivity contribution >= 4 is 32.5 Å². The SMILES string of the molecule is Brc1ccc2ccnc(N3CCOCC3)c2c1. The minimum absolute atomic E-state index is 0.784. The molecule has 0 radical (unpaired) electrons. The molecule has 0 atom stereocenters. The third-order valence-corrected chi connectivity index (χ3v) is 3.51. The van der Waals surface area contributed by atoms with Gasteiger partial charge < -0.3 is 9.64 Å². The molecule has 1 fully saturated rings. The van der Waals surface area contributed by atoms with E-state index in [-0.39, 0.29) is 0 Å². The highest BCUT2D eigenvalue weighted by Gasteiger charge is 2.14. The fourth-order valence-electron chi connectivity index (χ4n) is 2.15. The van der Waals surface area contributed by atoms with Crippen LogP contribution in [0.25, 0.3) is 10.8 Å². The quantitative estimate of drug-likeness (QED) is 0.808. The van der Waals surface area contributed by atoms with Gasteiger partial charge in [0.05, 0.1) is 13.2 Å². The summed E-state index contributed by atoms with van der Waals surface area (Å²) in [7, 11) is 0. The molecule has 1 aliphatic rings. The van der Waals surface area contributed by atoms with E-state index in [9.17, 15) is 0 Å². The lowest BCUT2D eigenvalue weighted by Gasteiger charge is -2.28. The van der Waals surface area contributed by atoms with E-state index in [1.807, 2.05) is 12.3 Å². The maximum atomic E-state index is 5.38. The molecule has 3 rings (SSSR count). The molecule has 3 nitrogen and oxygen atoms in total. The van der Waals surface area contributed by atoms with Crippen LogP contribution in [0, 0.1) is 0 Å². The molecule has 0 saturated carbocycles. The Morgan fingerprint density at radius 3 is 2.82 bits per heavy atom. The molecule has 0 spiro atoms. The molecule has 0 N–H and O–H groups in total. The Hall–Kier alpha value is -1.13. The smallest absolute Gasteiger partial charge is 0.136 e. The Morgan fingerprint density at radius 1 is 1.18 bits per heavy atom. The third kappa shape index (κ3) is 2.15. The summed E-state index contributed by atoms with van der Waals surface area (Å²) in [5.74, 6) is 1.06. The van der Waals surface area contributed by atoms with Crippen molar-refractivity contribution in [2.24, 2.45) is 0 Å². The van der Waals surface area contributed by atoms with Crippen LogP contribution in [0.3, 0.4) is 0 Å². The summed E-state index contributed by atoms with van der Waals surface area (Å²) in [6.07, 6.45) is 1.88. The number of rotatable bonds is 1. The van der Waals surface area contributed by atoms with E-state index in [0.29, 0.717) is 0 Å². The van der Waals surface area contributed by atoms with E-state index in [0.717, 1.165) is 36.6 Å². The molecule has 0 aliphatic carbocycles. The van der Waals surface area contributed by atoms with Crippen LogP contribution < -0.4 is 4.90 Å². The van der Waals surface area contributed by atoms with Gasteiger partial charge in [-0.05, 0) is 23.6 Å². The zero-order chi connectivity index (χ0) is 11.7. The van der Waals surface area contributed by atoms with Crippen LogP contribution in [0.15, 0.2) is 34.9 Å². The van der Waals surface area contributed by atoms with Crippen LogP contribution in [0.5, 0.6) is 0 Å². The highest BCUT2D eigenvalue weighted by molar-refractivity contribution is 9.10. The second-order valence-electron chi connectivity index (χ2n) is 4.10. The molecule has 2 heterocycles. The Balaban J connectivity index is 2.11. The van der Waals surface area contributed by atoms with Crippen LogP contribution in [0.4, 0.5) is 5.82 Å². The van der Waals surface area contributed by atoms with Crippen molar-refractivity contribution in [2.45, 2.75) is 0 Å². The second kappa shape index (κ2) is 4.63. The summed E-state index contributed by atoms with van der Waals surface area (Å²) in [6, 6.07) is 8.36. The molecule has 4 heteroatoms. The Labute approximate surface area is 109 Å². The first-order valence-electron chi connectivity index (χ1n) is 5.71. The van der Waals surface area contributed by atoms with Crippen molar-refractivity contribution in [3.8, 4) is 0 Å². The number of halogens is 1. The molecular weight excluding hydrogens is 280 g/mol. The zero-order valence-electron chi connectivity index (χ0n) is 9.40. The number of benzene rings is 1. The van der Waals surface area contributed by atoms with Crippen molar-refractivity contribution in [2.75, 3.05) is 31.2 Å². The number of aromatic nitrogens is 1. The summed E-state index contributed by atoms with van der Waals surface area (Å²) in [6.45, 7) is 3.40. The first kappa shape index (κ1) is 11.0.